The van der Waals surface area contributed by atoms with E-state index in [1.54, 1.807) is 17.3 Å². The van der Waals surface area contributed by atoms with Gasteiger partial charge in [0, 0.05) is 31.4 Å². The van der Waals surface area contributed by atoms with Crippen molar-refractivity contribution in [2.45, 2.75) is 45.1 Å². The van der Waals surface area contributed by atoms with Crippen LogP contribution in [0.1, 0.15) is 45.4 Å². The Balaban J connectivity index is 2.01. The van der Waals surface area contributed by atoms with E-state index in [2.05, 4.69) is 25.9 Å². The number of halogens is 1. The highest BCUT2D eigenvalue weighted by molar-refractivity contribution is 9.10. The first-order chi connectivity index (χ1) is 9.35. The van der Waals surface area contributed by atoms with Crippen LogP contribution in [0.3, 0.4) is 0 Å². The van der Waals surface area contributed by atoms with Crippen LogP contribution in [0.15, 0.2) is 16.9 Å². The Bertz CT molecular complexity index is 470. The van der Waals surface area contributed by atoms with Crippen LogP contribution < -0.4 is 0 Å². The summed E-state index contributed by atoms with van der Waals surface area (Å²) in [5, 5.41) is 0. The number of likely N-dealkylation sites (tertiary alicyclic amines) is 1. The fourth-order valence-corrected chi connectivity index (χ4v) is 2.42. The van der Waals surface area contributed by atoms with Crippen LogP contribution in [0.5, 0.6) is 0 Å². The van der Waals surface area contributed by atoms with Crippen molar-refractivity contribution in [3.8, 4) is 0 Å². The average molecular weight is 342 g/mol. The van der Waals surface area contributed by atoms with E-state index >= 15 is 0 Å². The van der Waals surface area contributed by atoms with Crippen LogP contribution in [0.4, 0.5) is 4.79 Å². The van der Waals surface area contributed by atoms with Crippen LogP contribution in [0.25, 0.3) is 0 Å². The number of hydrogen-bond acceptors (Lipinski definition) is 4. The van der Waals surface area contributed by atoms with E-state index in [9.17, 15) is 4.79 Å². The Labute approximate surface area is 127 Å². The second-order valence-corrected chi connectivity index (χ2v) is 6.94. The number of rotatable bonds is 1. The standard InChI is InChI=1S/C14H20BrN3O2/c1-14(2,3)20-13(19)18-6-4-5-10(9-18)12-16-7-11(15)8-17-12/h7-8,10H,4-6,9H2,1-3H3. The normalized spacial score (nSPS) is 19.8. The van der Waals surface area contributed by atoms with Gasteiger partial charge in [-0.05, 0) is 49.5 Å². The van der Waals surface area contributed by atoms with Crippen molar-refractivity contribution in [3.63, 3.8) is 0 Å². The molecule has 1 aliphatic rings. The molecule has 1 aromatic heterocycles. The van der Waals surface area contributed by atoms with Crippen molar-refractivity contribution >= 4 is 22.0 Å². The second kappa shape index (κ2) is 6.08. The molecule has 1 amide bonds. The summed E-state index contributed by atoms with van der Waals surface area (Å²) in [5.41, 5.74) is -0.460. The third kappa shape index (κ3) is 4.16. The molecule has 110 valence electrons. The van der Waals surface area contributed by atoms with E-state index < -0.39 is 5.60 Å². The molecule has 0 N–H and O–H groups in total. The first-order valence-electron chi connectivity index (χ1n) is 6.80. The lowest BCUT2D eigenvalue weighted by molar-refractivity contribution is 0.0196. The first kappa shape index (κ1) is 15.2. The highest BCUT2D eigenvalue weighted by Gasteiger charge is 2.29. The number of piperidine rings is 1. The molecule has 0 radical (unpaired) electrons. The van der Waals surface area contributed by atoms with Crippen molar-refractivity contribution in [1.82, 2.24) is 14.9 Å². The monoisotopic (exact) mass is 341 g/mol. The zero-order valence-corrected chi connectivity index (χ0v) is 13.7. The van der Waals surface area contributed by atoms with Gasteiger partial charge >= 0.3 is 6.09 Å². The number of ether oxygens (including phenoxy) is 1. The van der Waals surface area contributed by atoms with Crippen molar-refractivity contribution in [1.29, 1.82) is 0 Å². The molecule has 1 fully saturated rings. The molecule has 0 saturated carbocycles. The van der Waals surface area contributed by atoms with E-state index in [1.807, 2.05) is 20.8 Å². The maximum Gasteiger partial charge on any atom is 0.410 e. The number of carbonyl (C=O) groups excluding carboxylic acids is 1. The molecule has 0 aliphatic carbocycles. The van der Waals surface area contributed by atoms with Gasteiger partial charge in [0.15, 0.2) is 0 Å². The number of amides is 1. The summed E-state index contributed by atoms with van der Waals surface area (Å²) in [4.78, 5) is 22.5. The molecule has 0 bridgehead atoms. The Morgan fingerprint density at radius 3 is 2.65 bits per heavy atom. The molecule has 0 spiro atoms. The van der Waals surface area contributed by atoms with Gasteiger partial charge in [-0.25, -0.2) is 14.8 Å². The van der Waals surface area contributed by atoms with Gasteiger partial charge in [0.05, 0.1) is 4.47 Å². The molecular formula is C14H20BrN3O2. The molecule has 1 aromatic rings. The largest absolute Gasteiger partial charge is 0.444 e. The molecule has 6 heteroatoms. The third-order valence-corrected chi connectivity index (χ3v) is 3.49. The Kier molecular flexibility index (Phi) is 4.62. The number of hydrogen-bond donors (Lipinski definition) is 0. The fourth-order valence-electron chi connectivity index (χ4n) is 2.21. The highest BCUT2D eigenvalue weighted by Crippen LogP contribution is 2.25. The maximum atomic E-state index is 12.1. The average Bonchev–Trinajstić information content (AvgIpc) is 2.38. The lowest BCUT2D eigenvalue weighted by Crippen LogP contribution is -2.42. The summed E-state index contributed by atoms with van der Waals surface area (Å²) in [7, 11) is 0. The van der Waals surface area contributed by atoms with Gasteiger partial charge in [-0.15, -0.1) is 0 Å². The second-order valence-electron chi connectivity index (χ2n) is 6.02. The molecule has 0 aromatic carbocycles. The molecule has 1 aliphatic heterocycles. The predicted octanol–water partition coefficient (Wildman–Crippen LogP) is 3.35. The first-order valence-corrected chi connectivity index (χ1v) is 7.60. The maximum absolute atomic E-state index is 12.1. The summed E-state index contributed by atoms with van der Waals surface area (Å²) in [6.07, 6.45) is 5.19. The van der Waals surface area contributed by atoms with E-state index in [0.29, 0.717) is 6.54 Å². The molecule has 20 heavy (non-hydrogen) atoms. The fraction of sp³-hybridized carbons (Fsp3) is 0.643. The van der Waals surface area contributed by atoms with Crippen LogP contribution in [0.2, 0.25) is 0 Å². The summed E-state index contributed by atoms with van der Waals surface area (Å²) in [5.74, 6) is 0.978. The molecule has 2 heterocycles. The van der Waals surface area contributed by atoms with E-state index in [1.165, 1.54) is 0 Å². The van der Waals surface area contributed by atoms with E-state index in [-0.39, 0.29) is 12.0 Å². The minimum absolute atomic E-state index is 0.185. The Hall–Kier alpha value is -1.17. The predicted molar refractivity (Wildman–Crippen MR) is 79.5 cm³/mol. The molecular weight excluding hydrogens is 322 g/mol. The summed E-state index contributed by atoms with van der Waals surface area (Å²) in [6.45, 7) is 7.00. The van der Waals surface area contributed by atoms with Gasteiger partial charge in [0.1, 0.15) is 11.4 Å². The number of aromatic nitrogens is 2. The Morgan fingerprint density at radius 1 is 1.40 bits per heavy atom. The minimum atomic E-state index is -0.460. The van der Waals surface area contributed by atoms with Gasteiger partial charge in [-0.3, -0.25) is 0 Å². The van der Waals surface area contributed by atoms with E-state index in [4.69, 9.17) is 4.74 Å². The molecule has 2 rings (SSSR count). The summed E-state index contributed by atoms with van der Waals surface area (Å²) < 4.78 is 6.28. The zero-order chi connectivity index (χ0) is 14.8. The Morgan fingerprint density at radius 2 is 2.05 bits per heavy atom. The van der Waals surface area contributed by atoms with Crippen molar-refractivity contribution in [2.75, 3.05) is 13.1 Å². The minimum Gasteiger partial charge on any atom is -0.444 e. The smallest absolute Gasteiger partial charge is 0.410 e. The quantitative estimate of drug-likeness (QED) is 0.785. The third-order valence-electron chi connectivity index (χ3n) is 3.08. The van der Waals surface area contributed by atoms with Gasteiger partial charge in [-0.2, -0.15) is 0 Å². The van der Waals surface area contributed by atoms with Crippen LogP contribution >= 0.6 is 15.9 Å². The summed E-state index contributed by atoms with van der Waals surface area (Å²) in [6, 6.07) is 0. The lowest BCUT2D eigenvalue weighted by Gasteiger charge is -2.33. The van der Waals surface area contributed by atoms with Crippen molar-refractivity contribution in [2.24, 2.45) is 0 Å². The number of carbonyl (C=O) groups is 1. The van der Waals surface area contributed by atoms with Crippen LogP contribution in [0, 0.1) is 0 Å². The molecule has 5 nitrogen and oxygen atoms in total. The molecule has 1 unspecified atom stereocenters. The van der Waals surface area contributed by atoms with Gasteiger partial charge in [0.2, 0.25) is 0 Å². The summed E-state index contributed by atoms with van der Waals surface area (Å²) >= 11 is 3.33. The van der Waals surface area contributed by atoms with Gasteiger partial charge in [0.25, 0.3) is 0 Å². The topological polar surface area (TPSA) is 55.3 Å². The molecule has 1 saturated heterocycles. The zero-order valence-electron chi connectivity index (χ0n) is 12.1. The van der Waals surface area contributed by atoms with Gasteiger partial charge in [-0.1, -0.05) is 0 Å². The lowest BCUT2D eigenvalue weighted by atomic mass is 9.97. The van der Waals surface area contributed by atoms with Crippen molar-refractivity contribution < 1.29 is 9.53 Å². The SMILES string of the molecule is CC(C)(C)OC(=O)N1CCCC(c2ncc(Br)cn2)C1. The highest BCUT2D eigenvalue weighted by atomic mass is 79.9. The van der Waals surface area contributed by atoms with E-state index in [0.717, 1.165) is 29.7 Å². The van der Waals surface area contributed by atoms with Crippen molar-refractivity contribution in [3.05, 3.63) is 22.7 Å². The van der Waals surface area contributed by atoms with Crippen LogP contribution in [-0.2, 0) is 4.74 Å². The number of nitrogens with zero attached hydrogens (tertiary/aromatic N) is 3. The van der Waals surface area contributed by atoms with Crippen LogP contribution in [-0.4, -0.2) is 39.7 Å². The molecule has 1 atom stereocenters. The van der Waals surface area contributed by atoms with Gasteiger partial charge < -0.3 is 9.64 Å².